The van der Waals surface area contributed by atoms with Crippen molar-refractivity contribution in [2.24, 2.45) is 0 Å². The number of imide groups is 1. The minimum Gasteiger partial charge on any atom is -0.356 e. The Morgan fingerprint density at radius 2 is 2.09 bits per heavy atom. The van der Waals surface area contributed by atoms with Gasteiger partial charge in [0, 0.05) is 25.5 Å². The van der Waals surface area contributed by atoms with Gasteiger partial charge in [0.2, 0.25) is 5.91 Å². The van der Waals surface area contributed by atoms with Gasteiger partial charge >= 0.3 is 6.03 Å². The van der Waals surface area contributed by atoms with Gasteiger partial charge in [-0.05, 0) is 37.0 Å². The van der Waals surface area contributed by atoms with Crippen LogP contribution in [0, 0.1) is 0 Å². The molecule has 4 amide bonds. The fourth-order valence-electron chi connectivity index (χ4n) is 2.48. The molecule has 1 saturated heterocycles. The van der Waals surface area contributed by atoms with E-state index in [0.29, 0.717) is 19.5 Å². The third kappa shape index (κ3) is 4.77. The fourth-order valence-corrected chi connectivity index (χ4v) is 2.48. The van der Waals surface area contributed by atoms with E-state index in [0.717, 1.165) is 12.8 Å². The van der Waals surface area contributed by atoms with Crippen LogP contribution >= 0.6 is 0 Å². The molecule has 1 aromatic heterocycles. The Kier molecular flexibility index (Phi) is 6.08. The zero-order valence-corrected chi connectivity index (χ0v) is 13.2. The molecule has 0 radical (unpaired) electrons. The number of amides is 4. The van der Waals surface area contributed by atoms with Crippen molar-refractivity contribution in [3.05, 3.63) is 30.1 Å². The molecule has 0 saturated carbocycles. The molecule has 0 bridgehead atoms. The molecule has 1 aliphatic heterocycles. The van der Waals surface area contributed by atoms with E-state index in [1.165, 1.54) is 10.5 Å². The molecule has 7 nitrogen and oxygen atoms in total. The number of pyridine rings is 1. The minimum absolute atomic E-state index is 0.0138. The number of hydrogen-bond acceptors (Lipinski definition) is 4. The summed E-state index contributed by atoms with van der Waals surface area (Å²) < 4.78 is 0. The summed E-state index contributed by atoms with van der Waals surface area (Å²) in [6.45, 7) is 2.81. The maximum absolute atomic E-state index is 12.0. The Balaban J connectivity index is 1.69. The highest BCUT2D eigenvalue weighted by Crippen LogP contribution is 2.10. The fraction of sp³-hybridized carbons (Fsp3) is 0.500. The molecule has 2 rings (SSSR count). The SMILES string of the molecule is CCCN1C(=O)NC(CC(=O)NCCCc2ccncc2)C1=O. The van der Waals surface area contributed by atoms with Gasteiger partial charge < -0.3 is 10.6 Å². The quantitative estimate of drug-likeness (QED) is 0.549. The Labute approximate surface area is 135 Å². The van der Waals surface area contributed by atoms with Gasteiger partial charge in [0.15, 0.2) is 0 Å². The van der Waals surface area contributed by atoms with E-state index in [1.807, 2.05) is 19.1 Å². The van der Waals surface area contributed by atoms with Crippen molar-refractivity contribution in [3.63, 3.8) is 0 Å². The van der Waals surface area contributed by atoms with Crippen LogP contribution in [0.15, 0.2) is 24.5 Å². The van der Waals surface area contributed by atoms with Crippen LogP contribution < -0.4 is 10.6 Å². The predicted molar refractivity (Wildman–Crippen MR) is 84.5 cm³/mol. The highest BCUT2D eigenvalue weighted by molar-refractivity contribution is 6.05. The number of aryl methyl sites for hydroxylation is 1. The van der Waals surface area contributed by atoms with E-state index in [9.17, 15) is 14.4 Å². The first-order valence-corrected chi connectivity index (χ1v) is 7.89. The third-order valence-electron chi connectivity index (χ3n) is 3.66. The number of carbonyl (C=O) groups is 3. The molecular weight excluding hydrogens is 296 g/mol. The zero-order chi connectivity index (χ0) is 16.7. The lowest BCUT2D eigenvalue weighted by Gasteiger charge is -2.11. The second-order valence-corrected chi connectivity index (χ2v) is 5.51. The second-order valence-electron chi connectivity index (χ2n) is 5.51. The topological polar surface area (TPSA) is 91.4 Å². The van der Waals surface area contributed by atoms with Crippen molar-refractivity contribution >= 4 is 17.8 Å². The number of carbonyl (C=O) groups excluding carboxylic acids is 3. The van der Waals surface area contributed by atoms with Crippen molar-refractivity contribution in [2.45, 2.75) is 38.6 Å². The lowest BCUT2D eigenvalue weighted by atomic mass is 10.1. The molecular formula is C16H22N4O3. The average Bonchev–Trinajstić information content (AvgIpc) is 2.80. The summed E-state index contributed by atoms with van der Waals surface area (Å²) in [5.41, 5.74) is 1.17. The number of rotatable bonds is 8. The molecule has 1 fully saturated rings. The van der Waals surface area contributed by atoms with E-state index < -0.39 is 12.1 Å². The number of hydrogen-bond donors (Lipinski definition) is 2. The standard InChI is InChI=1S/C16H22N4O3/c1-2-10-20-15(22)13(19-16(20)23)11-14(21)18-7-3-4-12-5-8-17-9-6-12/h5-6,8-9,13H,2-4,7,10-11H2,1H3,(H,18,21)(H,19,23). The summed E-state index contributed by atoms with van der Waals surface area (Å²) in [5, 5.41) is 5.34. The first-order valence-electron chi connectivity index (χ1n) is 7.89. The predicted octanol–water partition coefficient (Wildman–Crippen LogP) is 0.851. The van der Waals surface area contributed by atoms with E-state index >= 15 is 0 Å². The van der Waals surface area contributed by atoms with Gasteiger partial charge in [0.05, 0.1) is 6.42 Å². The van der Waals surface area contributed by atoms with Crippen LogP contribution in [0.5, 0.6) is 0 Å². The number of urea groups is 1. The summed E-state index contributed by atoms with van der Waals surface area (Å²) >= 11 is 0. The van der Waals surface area contributed by atoms with E-state index in [1.54, 1.807) is 12.4 Å². The lowest BCUT2D eigenvalue weighted by Crippen LogP contribution is -2.37. The van der Waals surface area contributed by atoms with Crippen molar-refractivity contribution in [1.82, 2.24) is 20.5 Å². The Morgan fingerprint density at radius 3 is 2.78 bits per heavy atom. The van der Waals surface area contributed by atoms with Gasteiger partial charge in [-0.25, -0.2) is 4.79 Å². The number of nitrogens with zero attached hydrogens (tertiary/aromatic N) is 2. The number of nitrogens with one attached hydrogen (secondary N) is 2. The average molecular weight is 318 g/mol. The summed E-state index contributed by atoms with van der Waals surface area (Å²) in [4.78, 5) is 40.7. The Hall–Kier alpha value is -2.44. The maximum Gasteiger partial charge on any atom is 0.324 e. The van der Waals surface area contributed by atoms with Gasteiger partial charge in [-0.1, -0.05) is 6.92 Å². The smallest absolute Gasteiger partial charge is 0.324 e. The molecule has 23 heavy (non-hydrogen) atoms. The van der Waals surface area contributed by atoms with Crippen LogP contribution in [0.25, 0.3) is 0 Å². The van der Waals surface area contributed by atoms with Crippen LogP contribution in [0.3, 0.4) is 0 Å². The largest absolute Gasteiger partial charge is 0.356 e. The number of aromatic nitrogens is 1. The molecule has 0 spiro atoms. The monoisotopic (exact) mass is 318 g/mol. The van der Waals surface area contributed by atoms with Crippen LogP contribution in [0.4, 0.5) is 4.79 Å². The Morgan fingerprint density at radius 1 is 1.35 bits per heavy atom. The molecule has 7 heteroatoms. The molecule has 2 heterocycles. The van der Waals surface area contributed by atoms with Crippen molar-refractivity contribution in [3.8, 4) is 0 Å². The molecule has 0 aromatic carbocycles. The third-order valence-corrected chi connectivity index (χ3v) is 3.66. The van der Waals surface area contributed by atoms with Gasteiger partial charge in [-0.3, -0.25) is 19.5 Å². The summed E-state index contributed by atoms with van der Waals surface area (Å²) in [6.07, 6.45) is 5.83. The first kappa shape index (κ1) is 16.9. The summed E-state index contributed by atoms with van der Waals surface area (Å²) in [5.74, 6) is -0.541. The molecule has 0 aliphatic carbocycles. The highest BCUT2D eigenvalue weighted by Gasteiger charge is 2.38. The Bertz CT molecular complexity index is 562. The summed E-state index contributed by atoms with van der Waals surface area (Å²) in [7, 11) is 0. The van der Waals surface area contributed by atoms with E-state index in [2.05, 4.69) is 15.6 Å². The second kappa shape index (κ2) is 8.26. The molecule has 1 aromatic rings. The molecule has 1 unspecified atom stereocenters. The van der Waals surface area contributed by atoms with Gasteiger partial charge in [-0.15, -0.1) is 0 Å². The van der Waals surface area contributed by atoms with Crippen molar-refractivity contribution < 1.29 is 14.4 Å². The van der Waals surface area contributed by atoms with Crippen LogP contribution in [0.2, 0.25) is 0 Å². The molecule has 1 atom stereocenters. The van der Waals surface area contributed by atoms with Crippen molar-refractivity contribution in [1.29, 1.82) is 0 Å². The van der Waals surface area contributed by atoms with Crippen LogP contribution in [-0.2, 0) is 16.0 Å². The minimum atomic E-state index is -0.741. The zero-order valence-electron chi connectivity index (χ0n) is 13.2. The lowest BCUT2D eigenvalue weighted by molar-refractivity contribution is -0.130. The van der Waals surface area contributed by atoms with Crippen LogP contribution in [0.1, 0.15) is 31.7 Å². The normalized spacial score (nSPS) is 17.3. The van der Waals surface area contributed by atoms with E-state index in [-0.39, 0.29) is 18.2 Å². The molecule has 124 valence electrons. The first-order chi connectivity index (χ1) is 11.1. The van der Waals surface area contributed by atoms with Crippen molar-refractivity contribution in [2.75, 3.05) is 13.1 Å². The molecule has 1 aliphatic rings. The van der Waals surface area contributed by atoms with Crippen LogP contribution in [-0.4, -0.2) is 46.9 Å². The van der Waals surface area contributed by atoms with Gasteiger partial charge in [-0.2, -0.15) is 0 Å². The highest BCUT2D eigenvalue weighted by atomic mass is 16.2. The molecule has 2 N–H and O–H groups in total. The maximum atomic E-state index is 12.0. The van der Waals surface area contributed by atoms with Gasteiger partial charge in [0.25, 0.3) is 5.91 Å². The summed E-state index contributed by atoms with van der Waals surface area (Å²) in [6, 6.07) is 2.73. The van der Waals surface area contributed by atoms with E-state index in [4.69, 9.17) is 0 Å². The van der Waals surface area contributed by atoms with Gasteiger partial charge in [0.1, 0.15) is 6.04 Å².